The summed E-state index contributed by atoms with van der Waals surface area (Å²) in [7, 11) is 0. The van der Waals surface area contributed by atoms with Crippen LogP contribution < -0.4 is 0 Å². The molecular formula is C10H9ClO2. The molecule has 0 saturated carbocycles. The van der Waals surface area contributed by atoms with Gasteiger partial charge in [0, 0.05) is 11.1 Å². The number of ketones is 1. The number of aldehydes is 1. The molecule has 0 heterocycles. The van der Waals surface area contributed by atoms with E-state index >= 15 is 0 Å². The van der Waals surface area contributed by atoms with E-state index in [0.717, 1.165) is 6.29 Å². The van der Waals surface area contributed by atoms with Gasteiger partial charge in [-0.05, 0) is 31.5 Å². The Morgan fingerprint density at radius 1 is 1.46 bits per heavy atom. The Morgan fingerprint density at radius 3 is 2.54 bits per heavy atom. The number of halogens is 1. The Hall–Kier alpha value is -1.15. The van der Waals surface area contributed by atoms with Gasteiger partial charge in [-0.2, -0.15) is 0 Å². The van der Waals surface area contributed by atoms with Crippen LogP contribution in [-0.2, 0) is 0 Å². The summed E-state index contributed by atoms with van der Waals surface area (Å²) in [6.07, 6.45) is 0.720. The van der Waals surface area contributed by atoms with E-state index in [1.54, 1.807) is 19.1 Å². The van der Waals surface area contributed by atoms with E-state index in [9.17, 15) is 9.59 Å². The molecule has 0 aromatic heterocycles. The molecule has 0 saturated heterocycles. The van der Waals surface area contributed by atoms with Crippen LogP contribution in [0.1, 0.15) is 33.2 Å². The van der Waals surface area contributed by atoms with Crippen LogP contribution in [0.5, 0.6) is 0 Å². The zero-order valence-corrected chi connectivity index (χ0v) is 8.18. The van der Waals surface area contributed by atoms with Crippen LogP contribution in [0.15, 0.2) is 12.1 Å². The maximum Gasteiger partial charge on any atom is 0.161 e. The number of Topliss-reactive ketones (excluding diaryl/α,β-unsaturated/α-hetero) is 1. The van der Waals surface area contributed by atoms with Gasteiger partial charge in [-0.25, -0.2) is 0 Å². The van der Waals surface area contributed by atoms with E-state index in [1.807, 2.05) is 0 Å². The van der Waals surface area contributed by atoms with Crippen molar-refractivity contribution in [2.24, 2.45) is 0 Å². The van der Waals surface area contributed by atoms with E-state index in [2.05, 4.69) is 0 Å². The minimum absolute atomic E-state index is 0.119. The predicted octanol–water partition coefficient (Wildman–Crippen LogP) is 2.66. The van der Waals surface area contributed by atoms with E-state index in [4.69, 9.17) is 11.6 Å². The van der Waals surface area contributed by atoms with Gasteiger partial charge in [0.15, 0.2) is 5.78 Å². The Morgan fingerprint density at radius 2 is 2.08 bits per heavy atom. The molecule has 1 aromatic rings. The summed E-state index contributed by atoms with van der Waals surface area (Å²) in [5.74, 6) is -0.119. The minimum Gasteiger partial charge on any atom is -0.298 e. The summed E-state index contributed by atoms with van der Waals surface area (Å²) >= 11 is 5.82. The van der Waals surface area contributed by atoms with E-state index in [0.29, 0.717) is 21.7 Å². The highest BCUT2D eigenvalue weighted by molar-refractivity contribution is 6.34. The molecule has 0 spiro atoms. The molecule has 0 aliphatic heterocycles. The molecule has 68 valence electrons. The number of rotatable bonds is 2. The molecule has 1 aromatic carbocycles. The molecule has 2 nitrogen and oxygen atoms in total. The first-order valence-electron chi connectivity index (χ1n) is 3.83. The zero-order chi connectivity index (χ0) is 10.0. The molecule has 0 unspecified atom stereocenters. The molecule has 0 fully saturated rings. The van der Waals surface area contributed by atoms with Crippen molar-refractivity contribution >= 4 is 23.7 Å². The van der Waals surface area contributed by atoms with Crippen LogP contribution in [0, 0.1) is 6.92 Å². The Labute approximate surface area is 81.5 Å². The predicted molar refractivity (Wildman–Crippen MR) is 51.6 cm³/mol. The number of carbonyl (C=O) groups is 2. The molecule has 13 heavy (non-hydrogen) atoms. The highest BCUT2D eigenvalue weighted by Crippen LogP contribution is 2.22. The average molecular weight is 197 g/mol. The number of hydrogen-bond donors (Lipinski definition) is 0. The maximum atomic E-state index is 11.2. The third kappa shape index (κ3) is 1.78. The van der Waals surface area contributed by atoms with Crippen LogP contribution >= 0.6 is 11.6 Å². The lowest BCUT2D eigenvalue weighted by Crippen LogP contribution is -2.00. The van der Waals surface area contributed by atoms with Gasteiger partial charge in [0.25, 0.3) is 0 Å². The largest absolute Gasteiger partial charge is 0.298 e. The number of benzene rings is 1. The lowest BCUT2D eigenvalue weighted by Gasteiger charge is -2.06. The van der Waals surface area contributed by atoms with Crippen molar-refractivity contribution < 1.29 is 9.59 Å². The summed E-state index contributed by atoms with van der Waals surface area (Å²) in [5, 5.41) is 0.399. The molecule has 0 N–H and O–H groups in total. The van der Waals surface area contributed by atoms with Gasteiger partial charge < -0.3 is 0 Å². The molecule has 0 atom stereocenters. The van der Waals surface area contributed by atoms with Crippen LogP contribution in [-0.4, -0.2) is 12.1 Å². The summed E-state index contributed by atoms with van der Waals surface area (Å²) in [5.41, 5.74) is 1.59. The van der Waals surface area contributed by atoms with Gasteiger partial charge in [0.05, 0.1) is 5.02 Å². The number of hydrogen-bond acceptors (Lipinski definition) is 2. The van der Waals surface area contributed by atoms with Crippen LogP contribution in [0.4, 0.5) is 0 Å². The van der Waals surface area contributed by atoms with Crippen molar-refractivity contribution in [2.45, 2.75) is 13.8 Å². The highest BCUT2D eigenvalue weighted by Gasteiger charge is 2.11. The minimum atomic E-state index is -0.119. The molecule has 0 bridgehead atoms. The van der Waals surface area contributed by atoms with Gasteiger partial charge in [0.2, 0.25) is 0 Å². The SMILES string of the molecule is CC(=O)c1c(Cl)ccc(C=O)c1C. The van der Waals surface area contributed by atoms with Crippen molar-refractivity contribution in [1.82, 2.24) is 0 Å². The second kappa shape index (κ2) is 3.71. The van der Waals surface area contributed by atoms with Crippen molar-refractivity contribution in [1.29, 1.82) is 0 Å². The summed E-state index contributed by atoms with van der Waals surface area (Å²) in [6, 6.07) is 3.17. The normalized spacial score (nSPS) is 9.77. The van der Waals surface area contributed by atoms with E-state index in [-0.39, 0.29) is 5.78 Å². The zero-order valence-electron chi connectivity index (χ0n) is 7.43. The second-order valence-corrected chi connectivity index (χ2v) is 3.22. The smallest absolute Gasteiger partial charge is 0.161 e. The third-order valence-corrected chi connectivity index (χ3v) is 2.25. The molecule has 0 amide bonds. The van der Waals surface area contributed by atoms with Crippen LogP contribution in [0.3, 0.4) is 0 Å². The lowest BCUT2D eigenvalue weighted by atomic mass is 10.0. The first kappa shape index (κ1) is 9.93. The Bertz CT molecular complexity index is 369. The van der Waals surface area contributed by atoms with Crippen molar-refractivity contribution in [3.63, 3.8) is 0 Å². The van der Waals surface area contributed by atoms with E-state index < -0.39 is 0 Å². The molecule has 0 aliphatic carbocycles. The maximum absolute atomic E-state index is 11.2. The van der Waals surface area contributed by atoms with Crippen molar-refractivity contribution in [3.8, 4) is 0 Å². The lowest BCUT2D eigenvalue weighted by molar-refractivity contribution is 0.101. The Balaban J connectivity index is 3.47. The standard InChI is InChI=1S/C10H9ClO2/c1-6-8(5-12)3-4-9(11)10(6)7(2)13/h3-5H,1-2H3. The Kier molecular flexibility index (Phi) is 2.83. The number of carbonyl (C=O) groups excluding carboxylic acids is 2. The summed E-state index contributed by atoms with van der Waals surface area (Å²) in [4.78, 5) is 21.7. The molecule has 0 aliphatic rings. The molecule has 1 rings (SSSR count). The highest BCUT2D eigenvalue weighted by atomic mass is 35.5. The topological polar surface area (TPSA) is 34.1 Å². The van der Waals surface area contributed by atoms with Gasteiger partial charge >= 0.3 is 0 Å². The van der Waals surface area contributed by atoms with Crippen LogP contribution in [0.2, 0.25) is 5.02 Å². The van der Waals surface area contributed by atoms with Gasteiger partial charge in [0.1, 0.15) is 6.29 Å². The fourth-order valence-electron chi connectivity index (χ4n) is 1.25. The van der Waals surface area contributed by atoms with Crippen LogP contribution in [0.25, 0.3) is 0 Å². The monoisotopic (exact) mass is 196 g/mol. The summed E-state index contributed by atoms with van der Waals surface area (Å²) in [6.45, 7) is 3.15. The summed E-state index contributed by atoms with van der Waals surface area (Å²) < 4.78 is 0. The second-order valence-electron chi connectivity index (χ2n) is 2.81. The van der Waals surface area contributed by atoms with Crippen molar-refractivity contribution in [3.05, 3.63) is 33.8 Å². The van der Waals surface area contributed by atoms with Crippen molar-refractivity contribution in [2.75, 3.05) is 0 Å². The molecule has 0 radical (unpaired) electrons. The fourth-order valence-corrected chi connectivity index (χ4v) is 1.59. The van der Waals surface area contributed by atoms with E-state index in [1.165, 1.54) is 6.92 Å². The van der Waals surface area contributed by atoms with Gasteiger partial charge in [-0.1, -0.05) is 11.6 Å². The fraction of sp³-hybridized carbons (Fsp3) is 0.200. The average Bonchev–Trinajstić information content (AvgIpc) is 2.04. The molecule has 3 heteroatoms. The van der Waals surface area contributed by atoms with Gasteiger partial charge in [-0.3, -0.25) is 9.59 Å². The first-order chi connectivity index (χ1) is 6.07. The first-order valence-corrected chi connectivity index (χ1v) is 4.21. The third-order valence-electron chi connectivity index (χ3n) is 1.94. The quantitative estimate of drug-likeness (QED) is 0.538. The van der Waals surface area contributed by atoms with Gasteiger partial charge in [-0.15, -0.1) is 0 Å². The molecular weight excluding hydrogens is 188 g/mol.